The summed E-state index contributed by atoms with van der Waals surface area (Å²) in [7, 11) is 0. The van der Waals surface area contributed by atoms with Gasteiger partial charge in [-0.2, -0.15) is 0 Å². The molecule has 0 atom stereocenters. The van der Waals surface area contributed by atoms with Gasteiger partial charge >= 0.3 is 5.97 Å². The summed E-state index contributed by atoms with van der Waals surface area (Å²) in [6.07, 6.45) is -0.361. The van der Waals surface area contributed by atoms with Gasteiger partial charge in [0.15, 0.2) is 0 Å². The van der Waals surface area contributed by atoms with Crippen LogP contribution in [0.25, 0.3) is 0 Å². The van der Waals surface area contributed by atoms with Crippen molar-refractivity contribution in [3.8, 4) is 5.75 Å². The highest BCUT2D eigenvalue weighted by Gasteiger charge is 1.98. The van der Waals surface area contributed by atoms with Crippen LogP contribution in [0.4, 0.5) is 5.69 Å². The van der Waals surface area contributed by atoms with Crippen LogP contribution in [-0.2, 0) is 9.59 Å². The molecule has 0 radical (unpaired) electrons. The summed E-state index contributed by atoms with van der Waals surface area (Å²) in [5, 5.41) is 16.6. The Morgan fingerprint density at radius 1 is 1.40 bits per heavy atom. The number of nitrogen functional groups attached to an aromatic ring is 1. The minimum Gasteiger partial charge on any atom is -0.508 e. The molecule has 1 rings (SSSR count). The molecule has 0 fully saturated rings. The van der Waals surface area contributed by atoms with Crippen molar-refractivity contribution in [3.05, 3.63) is 24.3 Å². The van der Waals surface area contributed by atoms with Crippen LogP contribution in [0.3, 0.4) is 0 Å². The Labute approximate surface area is 87.1 Å². The van der Waals surface area contributed by atoms with Crippen molar-refractivity contribution < 1.29 is 19.8 Å². The number of hydrogen-bond donors (Lipinski definition) is 3. The largest absolute Gasteiger partial charge is 0.508 e. The van der Waals surface area contributed by atoms with Gasteiger partial charge in [0, 0.05) is 11.8 Å². The van der Waals surface area contributed by atoms with E-state index in [0.29, 0.717) is 5.69 Å². The van der Waals surface area contributed by atoms with Crippen molar-refractivity contribution in [2.75, 3.05) is 5.73 Å². The first-order chi connectivity index (χ1) is 6.91. The zero-order chi connectivity index (χ0) is 11.8. The molecular formula is C10H13NO4. The van der Waals surface area contributed by atoms with Crippen LogP contribution in [-0.4, -0.2) is 22.0 Å². The summed E-state index contributed by atoms with van der Waals surface area (Å²) in [6, 6.07) is 6.50. The number of anilines is 1. The topological polar surface area (TPSA) is 101 Å². The van der Waals surface area contributed by atoms with E-state index in [9.17, 15) is 9.59 Å². The van der Waals surface area contributed by atoms with Gasteiger partial charge in [0.2, 0.25) is 0 Å². The number of phenolic OH excluding ortho intramolecular Hbond substituents is 1. The number of Topliss-reactive ketones (excluding diaryl/α,β-unsaturated/α-hetero) is 1. The van der Waals surface area contributed by atoms with Crippen LogP contribution in [0.1, 0.15) is 13.3 Å². The number of phenols is 1. The third-order valence-electron chi connectivity index (χ3n) is 1.27. The number of carbonyl (C=O) groups is 2. The maximum Gasteiger partial charge on any atom is 0.310 e. The van der Waals surface area contributed by atoms with Gasteiger partial charge < -0.3 is 15.9 Å². The van der Waals surface area contributed by atoms with Crippen molar-refractivity contribution in [3.63, 3.8) is 0 Å². The van der Waals surface area contributed by atoms with Crippen molar-refractivity contribution in [1.29, 1.82) is 0 Å². The number of rotatable bonds is 2. The van der Waals surface area contributed by atoms with Gasteiger partial charge in [-0.15, -0.1) is 0 Å². The minimum atomic E-state index is -1.06. The molecule has 5 heteroatoms. The maximum atomic E-state index is 9.87. The smallest absolute Gasteiger partial charge is 0.310 e. The number of carbonyl (C=O) groups excluding carboxylic acids is 1. The summed E-state index contributed by atoms with van der Waals surface area (Å²) < 4.78 is 0. The molecule has 15 heavy (non-hydrogen) atoms. The quantitative estimate of drug-likeness (QED) is 0.501. The predicted molar refractivity (Wildman–Crippen MR) is 55.5 cm³/mol. The average Bonchev–Trinajstić information content (AvgIpc) is 2.01. The van der Waals surface area contributed by atoms with Crippen LogP contribution in [0.2, 0.25) is 0 Å². The summed E-state index contributed by atoms with van der Waals surface area (Å²) in [5.74, 6) is -1.16. The molecule has 0 saturated carbocycles. The van der Waals surface area contributed by atoms with Crippen LogP contribution >= 0.6 is 0 Å². The van der Waals surface area contributed by atoms with E-state index in [1.807, 2.05) is 0 Å². The SMILES string of the molecule is CC(=O)CC(=O)O.Nc1cccc(O)c1. The summed E-state index contributed by atoms with van der Waals surface area (Å²) in [4.78, 5) is 19.5. The van der Waals surface area contributed by atoms with Crippen LogP contribution in [0, 0.1) is 0 Å². The van der Waals surface area contributed by atoms with E-state index in [1.54, 1.807) is 18.2 Å². The fraction of sp³-hybridized carbons (Fsp3) is 0.200. The number of hydrogen-bond acceptors (Lipinski definition) is 4. The van der Waals surface area contributed by atoms with Crippen molar-refractivity contribution >= 4 is 17.4 Å². The van der Waals surface area contributed by atoms with E-state index < -0.39 is 5.97 Å². The molecule has 0 amide bonds. The van der Waals surface area contributed by atoms with Gasteiger partial charge in [-0.1, -0.05) is 6.07 Å². The first-order valence-electron chi connectivity index (χ1n) is 4.17. The van der Waals surface area contributed by atoms with Gasteiger partial charge in [-0.3, -0.25) is 9.59 Å². The van der Waals surface area contributed by atoms with Gasteiger partial charge in [0.05, 0.1) is 0 Å². The van der Waals surface area contributed by atoms with E-state index in [1.165, 1.54) is 13.0 Å². The summed E-state index contributed by atoms with van der Waals surface area (Å²) >= 11 is 0. The highest BCUT2D eigenvalue weighted by Crippen LogP contribution is 2.10. The lowest BCUT2D eigenvalue weighted by molar-refractivity contribution is -0.139. The maximum absolute atomic E-state index is 9.87. The Bertz CT molecular complexity index is 320. The number of aliphatic carboxylic acids is 1. The molecular weight excluding hydrogens is 198 g/mol. The van der Waals surface area contributed by atoms with Crippen molar-refractivity contribution in [1.82, 2.24) is 0 Å². The second kappa shape index (κ2) is 6.42. The zero-order valence-electron chi connectivity index (χ0n) is 8.30. The average molecular weight is 211 g/mol. The minimum absolute atomic E-state index is 0.213. The van der Waals surface area contributed by atoms with Gasteiger partial charge in [-0.05, 0) is 19.1 Å². The van der Waals surface area contributed by atoms with E-state index >= 15 is 0 Å². The van der Waals surface area contributed by atoms with E-state index in [-0.39, 0.29) is 18.0 Å². The lowest BCUT2D eigenvalue weighted by atomic mass is 10.3. The molecule has 0 bridgehead atoms. The molecule has 0 aliphatic rings. The molecule has 0 spiro atoms. The normalized spacial score (nSPS) is 8.60. The zero-order valence-corrected chi connectivity index (χ0v) is 8.30. The lowest BCUT2D eigenvalue weighted by Crippen LogP contribution is -2.00. The van der Waals surface area contributed by atoms with Crippen LogP contribution in [0.15, 0.2) is 24.3 Å². The number of carboxylic acid groups (broad SMARTS) is 1. The summed E-state index contributed by atoms with van der Waals surface area (Å²) in [6.45, 7) is 1.24. The van der Waals surface area contributed by atoms with Crippen LogP contribution in [0.5, 0.6) is 5.75 Å². The first-order valence-corrected chi connectivity index (χ1v) is 4.17. The highest BCUT2D eigenvalue weighted by molar-refractivity contribution is 5.93. The molecule has 82 valence electrons. The fourth-order valence-corrected chi connectivity index (χ4v) is 0.738. The Kier molecular flexibility index (Phi) is 5.55. The van der Waals surface area contributed by atoms with Crippen molar-refractivity contribution in [2.45, 2.75) is 13.3 Å². The molecule has 0 saturated heterocycles. The molecule has 0 aromatic heterocycles. The second-order valence-electron chi connectivity index (χ2n) is 2.87. The van der Waals surface area contributed by atoms with Gasteiger partial charge in [-0.25, -0.2) is 0 Å². The second-order valence-corrected chi connectivity index (χ2v) is 2.87. The molecule has 5 nitrogen and oxygen atoms in total. The molecule has 0 aliphatic heterocycles. The molecule has 1 aromatic carbocycles. The van der Waals surface area contributed by atoms with E-state index in [4.69, 9.17) is 15.9 Å². The molecule has 1 aromatic rings. The standard InChI is InChI=1S/C6H7NO.C4H6O3/c7-5-2-1-3-6(8)4-5;1-3(5)2-4(6)7/h1-4,8H,7H2;2H2,1H3,(H,6,7). The molecule has 0 heterocycles. The van der Waals surface area contributed by atoms with E-state index in [2.05, 4.69) is 0 Å². The number of nitrogens with two attached hydrogens (primary N) is 1. The number of carboxylic acids is 1. The lowest BCUT2D eigenvalue weighted by Gasteiger charge is -1.90. The number of aromatic hydroxyl groups is 1. The Balaban J connectivity index is 0.000000265. The molecule has 0 aliphatic carbocycles. The third-order valence-corrected chi connectivity index (χ3v) is 1.27. The Hall–Kier alpha value is -2.04. The van der Waals surface area contributed by atoms with E-state index in [0.717, 1.165) is 0 Å². The Morgan fingerprint density at radius 2 is 2.00 bits per heavy atom. The van der Waals surface area contributed by atoms with Gasteiger partial charge in [0.1, 0.15) is 18.0 Å². The first kappa shape index (κ1) is 13.0. The fourth-order valence-electron chi connectivity index (χ4n) is 0.738. The predicted octanol–water partition coefficient (Wildman–Crippen LogP) is 1.02. The highest BCUT2D eigenvalue weighted by atomic mass is 16.4. The molecule has 4 N–H and O–H groups in total. The van der Waals surface area contributed by atoms with Crippen molar-refractivity contribution in [2.24, 2.45) is 0 Å². The Morgan fingerprint density at radius 3 is 2.20 bits per heavy atom. The number of benzene rings is 1. The molecule has 0 unspecified atom stereocenters. The third kappa shape index (κ3) is 8.29. The monoisotopic (exact) mass is 211 g/mol. The van der Waals surface area contributed by atoms with Gasteiger partial charge in [0.25, 0.3) is 0 Å². The number of ketones is 1. The summed E-state index contributed by atoms with van der Waals surface area (Å²) in [5.41, 5.74) is 5.89. The van der Waals surface area contributed by atoms with Crippen LogP contribution < -0.4 is 5.73 Å².